The molecule has 13 aromatic rings. The molecule has 0 unspecified atom stereocenters. The van der Waals surface area contributed by atoms with E-state index in [1.807, 2.05) is 18.2 Å². The number of furan rings is 1. The van der Waals surface area contributed by atoms with Crippen LogP contribution < -0.4 is 0 Å². The first-order chi connectivity index (χ1) is 29.7. The number of nitrogens with zero attached hydrogens (tertiary/aromatic N) is 4. The Morgan fingerprint density at radius 2 is 0.867 bits per heavy atom. The first kappa shape index (κ1) is 32.7. The highest BCUT2D eigenvalue weighted by molar-refractivity contribution is 6.25. The number of hydrogen-bond donors (Lipinski definition) is 0. The standard InChI is InChI=1S/C55H32N4O/c56-33-36-32-35(34-22-25-38(26-23-34)57-47-18-8-4-14-39(47)42-29-31-51-52(53(42)57)45-17-7-11-21-50(45)60-51)24-30-46(36)59-49-20-10-6-16-41(49)44-28-27-43-40-15-5-9-19-48(40)58(54(43)55(44)59)37-12-2-1-3-13-37/h1-32H. The van der Waals surface area contributed by atoms with Gasteiger partial charge in [0.05, 0.1) is 49.7 Å². The Bertz CT molecular complexity index is 3950. The Hall–Kier alpha value is -8.33. The summed E-state index contributed by atoms with van der Waals surface area (Å²) in [5.41, 5.74) is 14.1. The summed E-state index contributed by atoms with van der Waals surface area (Å²) in [6, 6.07) is 71.0. The quantitative estimate of drug-likeness (QED) is 0.179. The first-order valence-electron chi connectivity index (χ1n) is 20.2. The van der Waals surface area contributed by atoms with E-state index in [0.29, 0.717) is 5.56 Å². The molecule has 0 spiro atoms. The molecule has 0 atom stereocenters. The molecule has 0 saturated carbocycles. The summed E-state index contributed by atoms with van der Waals surface area (Å²) in [5.74, 6) is 0. The summed E-state index contributed by atoms with van der Waals surface area (Å²) >= 11 is 0. The van der Waals surface area contributed by atoms with Crippen molar-refractivity contribution in [1.82, 2.24) is 13.7 Å². The van der Waals surface area contributed by atoms with Crippen molar-refractivity contribution in [2.75, 3.05) is 0 Å². The smallest absolute Gasteiger partial charge is 0.137 e. The lowest BCUT2D eigenvalue weighted by atomic mass is 10.0. The van der Waals surface area contributed by atoms with Crippen LogP contribution >= 0.6 is 0 Å². The Morgan fingerprint density at radius 1 is 0.367 bits per heavy atom. The van der Waals surface area contributed by atoms with Crippen LogP contribution in [0.4, 0.5) is 0 Å². The van der Waals surface area contributed by atoms with E-state index in [-0.39, 0.29) is 0 Å². The van der Waals surface area contributed by atoms with Gasteiger partial charge in [-0.1, -0.05) is 121 Å². The van der Waals surface area contributed by atoms with Crippen LogP contribution in [0.25, 0.3) is 116 Å². The second-order valence-electron chi connectivity index (χ2n) is 15.6. The zero-order valence-corrected chi connectivity index (χ0v) is 32.2. The van der Waals surface area contributed by atoms with Crippen LogP contribution in [-0.2, 0) is 0 Å². The van der Waals surface area contributed by atoms with Gasteiger partial charge in [0.15, 0.2) is 0 Å². The van der Waals surface area contributed by atoms with Crippen LogP contribution in [0.5, 0.6) is 0 Å². The summed E-state index contributed by atoms with van der Waals surface area (Å²) in [5, 5.41) is 20.2. The summed E-state index contributed by atoms with van der Waals surface area (Å²) in [6.45, 7) is 0. The van der Waals surface area contributed by atoms with E-state index in [4.69, 9.17) is 4.42 Å². The third-order valence-electron chi connectivity index (χ3n) is 12.5. The van der Waals surface area contributed by atoms with Crippen molar-refractivity contribution in [2.45, 2.75) is 0 Å². The van der Waals surface area contributed by atoms with Crippen molar-refractivity contribution >= 4 is 87.4 Å². The molecule has 0 bridgehead atoms. The van der Waals surface area contributed by atoms with Crippen molar-refractivity contribution in [3.63, 3.8) is 0 Å². The van der Waals surface area contributed by atoms with Crippen molar-refractivity contribution in [2.24, 2.45) is 0 Å². The number of aromatic nitrogens is 3. The molecular formula is C55H32N4O. The minimum atomic E-state index is 0.607. The number of benzene rings is 9. The van der Waals surface area contributed by atoms with E-state index < -0.39 is 0 Å². The Labute approximate surface area is 343 Å². The van der Waals surface area contributed by atoms with E-state index in [0.717, 1.165) is 94.0 Å². The SMILES string of the molecule is N#Cc1cc(-c2ccc(-n3c4ccccc4c4ccc5oc6ccccc6c5c43)cc2)ccc1-n1c2ccccc2c2ccc3c4ccccc4n(-c4ccccc4)c3c21. The predicted molar refractivity (Wildman–Crippen MR) is 247 cm³/mol. The molecule has 0 amide bonds. The maximum atomic E-state index is 10.9. The molecule has 0 radical (unpaired) electrons. The highest BCUT2D eigenvalue weighted by Gasteiger charge is 2.23. The summed E-state index contributed by atoms with van der Waals surface area (Å²) in [6.07, 6.45) is 0. The van der Waals surface area contributed by atoms with Gasteiger partial charge in [-0.15, -0.1) is 0 Å². The average Bonchev–Trinajstić information content (AvgIpc) is 4.05. The Morgan fingerprint density at radius 3 is 1.53 bits per heavy atom. The fraction of sp³-hybridized carbons (Fsp3) is 0. The third-order valence-corrected chi connectivity index (χ3v) is 12.5. The number of para-hydroxylation sites is 5. The van der Waals surface area contributed by atoms with Gasteiger partial charge in [0, 0.05) is 49.1 Å². The highest BCUT2D eigenvalue weighted by Crippen LogP contribution is 2.44. The van der Waals surface area contributed by atoms with Gasteiger partial charge in [-0.3, -0.25) is 0 Å². The van der Waals surface area contributed by atoms with E-state index >= 15 is 0 Å². The molecule has 0 aliphatic heterocycles. The minimum absolute atomic E-state index is 0.607. The maximum absolute atomic E-state index is 10.9. The lowest BCUT2D eigenvalue weighted by Gasteiger charge is -2.15. The van der Waals surface area contributed by atoms with Crippen LogP contribution in [0.15, 0.2) is 199 Å². The van der Waals surface area contributed by atoms with Crippen molar-refractivity contribution in [1.29, 1.82) is 5.26 Å². The van der Waals surface area contributed by atoms with E-state index in [9.17, 15) is 5.26 Å². The van der Waals surface area contributed by atoms with Crippen LogP contribution in [0, 0.1) is 11.3 Å². The molecule has 9 aromatic carbocycles. The van der Waals surface area contributed by atoms with Gasteiger partial charge < -0.3 is 18.1 Å². The van der Waals surface area contributed by atoms with E-state index in [1.165, 1.54) is 21.5 Å². The van der Waals surface area contributed by atoms with Crippen molar-refractivity contribution < 1.29 is 4.42 Å². The number of fused-ring (bicyclic) bond motifs is 14. The molecule has 5 nitrogen and oxygen atoms in total. The summed E-state index contributed by atoms with van der Waals surface area (Å²) in [7, 11) is 0. The molecule has 4 heterocycles. The predicted octanol–water partition coefficient (Wildman–Crippen LogP) is 14.4. The average molecular weight is 765 g/mol. The molecule has 5 heteroatoms. The zero-order chi connectivity index (χ0) is 39.5. The van der Waals surface area contributed by atoms with E-state index in [2.05, 4.69) is 196 Å². The van der Waals surface area contributed by atoms with Gasteiger partial charge in [-0.2, -0.15) is 5.26 Å². The van der Waals surface area contributed by atoms with Crippen LogP contribution in [0.1, 0.15) is 5.56 Å². The monoisotopic (exact) mass is 764 g/mol. The molecule has 0 aliphatic rings. The van der Waals surface area contributed by atoms with Gasteiger partial charge in [-0.05, 0) is 83.9 Å². The third kappa shape index (κ3) is 4.45. The zero-order valence-electron chi connectivity index (χ0n) is 32.2. The fourth-order valence-electron chi connectivity index (χ4n) is 9.93. The molecule has 0 saturated heterocycles. The Balaban J connectivity index is 1.00. The molecule has 278 valence electrons. The lowest BCUT2D eigenvalue weighted by molar-refractivity contribution is 0.669. The van der Waals surface area contributed by atoms with Gasteiger partial charge in [0.2, 0.25) is 0 Å². The molecule has 0 N–H and O–H groups in total. The molecular weight excluding hydrogens is 733 g/mol. The van der Waals surface area contributed by atoms with Gasteiger partial charge >= 0.3 is 0 Å². The molecule has 60 heavy (non-hydrogen) atoms. The second kappa shape index (κ2) is 12.3. The first-order valence-corrected chi connectivity index (χ1v) is 20.2. The van der Waals surface area contributed by atoms with Crippen LogP contribution in [0.3, 0.4) is 0 Å². The maximum Gasteiger partial charge on any atom is 0.137 e. The molecule has 0 aliphatic carbocycles. The summed E-state index contributed by atoms with van der Waals surface area (Å²) < 4.78 is 13.4. The molecule has 0 fully saturated rings. The van der Waals surface area contributed by atoms with Crippen LogP contribution in [-0.4, -0.2) is 13.7 Å². The molecule has 13 rings (SSSR count). The van der Waals surface area contributed by atoms with Gasteiger partial charge in [-0.25, -0.2) is 0 Å². The lowest BCUT2D eigenvalue weighted by Crippen LogP contribution is -2.01. The summed E-state index contributed by atoms with van der Waals surface area (Å²) in [4.78, 5) is 0. The normalized spacial score (nSPS) is 12.0. The number of hydrogen-bond acceptors (Lipinski definition) is 2. The van der Waals surface area contributed by atoms with Gasteiger partial charge in [0.25, 0.3) is 0 Å². The molecule has 4 aromatic heterocycles. The van der Waals surface area contributed by atoms with E-state index in [1.54, 1.807) is 0 Å². The van der Waals surface area contributed by atoms with Crippen LogP contribution in [0.2, 0.25) is 0 Å². The van der Waals surface area contributed by atoms with Crippen molar-refractivity contribution in [3.05, 3.63) is 200 Å². The minimum Gasteiger partial charge on any atom is -0.456 e. The fourth-order valence-corrected chi connectivity index (χ4v) is 9.93. The Kier molecular flexibility index (Phi) is 6.73. The highest BCUT2D eigenvalue weighted by atomic mass is 16.3. The number of nitriles is 1. The van der Waals surface area contributed by atoms with Crippen molar-refractivity contribution in [3.8, 4) is 34.3 Å². The topological polar surface area (TPSA) is 51.7 Å². The number of rotatable bonds is 4. The van der Waals surface area contributed by atoms with Gasteiger partial charge in [0.1, 0.15) is 17.2 Å². The largest absolute Gasteiger partial charge is 0.456 e. The second-order valence-corrected chi connectivity index (χ2v) is 15.6.